The van der Waals surface area contributed by atoms with E-state index in [-0.39, 0.29) is 11.8 Å². The Morgan fingerprint density at radius 2 is 1.93 bits per heavy atom. The molecule has 0 spiro atoms. The van der Waals surface area contributed by atoms with Crippen LogP contribution in [0.15, 0.2) is 42.6 Å². The highest BCUT2D eigenvalue weighted by Crippen LogP contribution is 2.29. The summed E-state index contributed by atoms with van der Waals surface area (Å²) in [5, 5.41) is 6.58. The van der Waals surface area contributed by atoms with Gasteiger partial charge in [-0.1, -0.05) is 6.07 Å². The SMILES string of the molecule is COc1cccc(Oc2cc(C)nc(C3CCN(C(=O)c4ccn[nH]4)CC3)n2)c1. The molecule has 1 N–H and O–H groups in total. The Kier molecular flexibility index (Phi) is 5.41. The zero-order valence-electron chi connectivity index (χ0n) is 16.5. The van der Waals surface area contributed by atoms with E-state index >= 15 is 0 Å². The molecule has 3 heterocycles. The van der Waals surface area contributed by atoms with Crippen molar-refractivity contribution >= 4 is 5.91 Å². The van der Waals surface area contributed by atoms with E-state index in [0.29, 0.717) is 30.4 Å². The number of amides is 1. The first-order valence-electron chi connectivity index (χ1n) is 9.58. The molecule has 1 aliphatic rings. The van der Waals surface area contributed by atoms with E-state index in [1.165, 1.54) is 0 Å². The molecule has 0 radical (unpaired) electrons. The molecule has 0 atom stereocenters. The Morgan fingerprint density at radius 1 is 1.14 bits per heavy atom. The molecule has 2 aromatic heterocycles. The maximum atomic E-state index is 12.5. The van der Waals surface area contributed by atoms with E-state index in [9.17, 15) is 4.79 Å². The third-order valence-electron chi connectivity index (χ3n) is 4.99. The van der Waals surface area contributed by atoms with Crippen molar-refractivity contribution < 1.29 is 14.3 Å². The topological polar surface area (TPSA) is 93.2 Å². The minimum absolute atomic E-state index is 0.0202. The number of piperidine rings is 1. The van der Waals surface area contributed by atoms with Gasteiger partial charge in [0.1, 0.15) is 23.0 Å². The van der Waals surface area contributed by atoms with Crippen molar-refractivity contribution in [1.29, 1.82) is 0 Å². The van der Waals surface area contributed by atoms with Crippen LogP contribution in [0.3, 0.4) is 0 Å². The Hall–Kier alpha value is -3.42. The molecule has 29 heavy (non-hydrogen) atoms. The Morgan fingerprint density at radius 3 is 2.66 bits per heavy atom. The molecule has 1 amide bonds. The van der Waals surface area contributed by atoms with Crippen molar-refractivity contribution in [3.05, 3.63) is 59.8 Å². The number of nitrogens with one attached hydrogen (secondary N) is 1. The summed E-state index contributed by atoms with van der Waals surface area (Å²) in [6.45, 7) is 3.25. The van der Waals surface area contributed by atoms with Crippen molar-refractivity contribution in [2.24, 2.45) is 0 Å². The van der Waals surface area contributed by atoms with Crippen molar-refractivity contribution in [2.45, 2.75) is 25.7 Å². The summed E-state index contributed by atoms with van der Waals surface area (Å²) >= 11 is 0. The molecule has 1 aliphatic heterocycles. The lowest BCUT2D eigenvalue weighted by molar-refractivity contribution is 0.0705. The lowest BCUT2D eigenvalue weighted by atomic mass is 9.95. The van der Waals surface area contributed by atoms with Gasteiger partial charge in [0.05, 0.1) is 7.11 Å². The summed E-state index contributed by atoms with van der Waals surface area (Å²) < 4.78 is 11.2. The number of ether oxygens (including phenoxy) is 2. The molecule has 8 nitrogen and oxygen atoms in total. The number of likely N-dealkylation sites (tertiary alicyclic amines) is 1. The summed E-state index contributed by atoms with van der Waals surface area (Å²) in [7, 11) is 1.62. The summed E-state index contributed by atoms with van der Waals surface area (Å²) in [5.41, 5.74) is 1.37. The number of nitrogens with zero attached hydrogens (tertiary/aromatic N) is 4. The molecule has 0 saturated carbocycles. The van der Waals surface area contributed by atoms with Crippen LogP contribution in [0.2, 0.25) is 0 Å². The highest BCUT2D eigenvalue weighted by molar-refractivity contribution is 5.92. The summed E-state index contributed by atoms with van der Waals surface area (Å²) in [4.78, 5) is 23.6. The van der Waals surface area contributed by atoms with Gasteiger partial charge >= 0.3 is 0 Å². The number of hydrogen-bond donors (Lipinski definition) is 1. The number of H-pyrrole nitrogens is 1. The first-order valence-corrected chi connectivity index (χ1v) is 9.58. The van der Waals surface area contributed by atoms with Gasteiger partial charge in [0, 0.05) is 43.0 Å². The minimum atomic E-state index is -0.0202. The molecule has 1 saturated heterocycles. The van der Waals surface area contributed by atoms with E-state index in [1.54, 1.807) is 19.4 Å². The lowest BCUT2D eigenvalue weighted by Gasteiger charge is -2.31. The van der Waals surface area contributed by atoms with Gasteiger partial charge in [0.15, 0.2) is 0 Å². The van der Waals surface area contributed by atoms with Gasteiger partial charge in [-0.15, -0.1) is 0 Å². The highest BCUT2D eigenvalue weighted by atomic mass is 16.5. The predicted octanol–water partition coefficient (Wildman–Crippen LogP) is 3.33. The molecule has 0 bridgehead atoms. The number of carbonyl (C=O) groups is 1. The molecule has 150 valence electrons. The first kappa shape index (κ1) is 18.9. The van der Waals surface area contributed by atoms with Crippen LogP contribution in [0.5, 0.6) is 17.4 Å². The average Bonchev–Trinajstić information content (AvgIpc) is 3.28. The molecule has 4 rings (SSSR count). The van der Waals surface area contributed by atoms with Crippen LogP contribution in [-0.4, -0.2) is 51.2 Å². The highest BCUT2D eigenvalue weighted by Gasteiger charge is 2.27. The van der Waals surface area contributed by atoms with Crippen LogP contribution in [-0.2, 0) is 0 Å². The fraction of sp³-hybridized carbons (Fsp3) is 0.333. The molecule has 1 fully saturated rings. The Labute approximate surface area is 168 Å². The number of aryl methyl sites for hydroxylation is 1. The number of benzene rings is 1. The first-order chi connectivity index (χ1) is 14.1. The number of hydrogen-bond acceptors (Lipinski definition) is 6. The normalized spacial score (nSPS) is 14.6. The lowest BCUT2D eigenvalue weighted by Crippen LogP contribution is -2.38. The van der Waals surface area contributed by atoms with E-state index in [2.05, 4.69) is 20.2 Å². The van der Waals surface area contributed by atoms with Gasteiger partial charge in [0.25, 0.3) is 5.91 Å². The van der Waals surface area contributed by atoms with Crippen molar-refractivity contribution in [3.63, 3.8) is 0 Å². The van der Waals surface area contributed by atoms with Gasteiger partial charge in [0.2, 0.25) is 5.88 Å². The quantitative estimate of drug-likeness (QED) is 0.715. The number of carbonyl (C=O) groups excluding carboxylic acids is 1. The van der Waals surface area contributed by atoms with Crippen LogP contribution in [0.4, 0.5) is 0 Å². The standard InChI is InChI=1S/C21H23N5O3/c1-14-12-19(29-17-5-3-4-16(13-17)28-2)24-20(23-14)15-7-10-26(11-8-15)21(27)18-6-9-22-25-18/h3-6,9,12-13,15H,7-8,10-11H2,1-2H3,(H,22,25). The Balaban J connectivity index is 1.44. The Bertz CT molecular complexity index is 982. The largest absolute Gasteiger partial charge is 0.497 e. The van der Waals surface area contributed by atoms with Crippen LogP contribution in [0.1, 0.15) is 40.8 Å². The molecule has 8 heteroatoms. The average molecular weight is 393 g/mol. The number of methoxy groups -OCH3 is 1. The van der Waals surface area contributed by atoms with Gasteiger partial charge in [-0.05, 0) is 38.0 Å². The summed E-state index contributed by atoms with van der Waals surface area (Å²) in [5.74, 6) is 2.82. The van der Waals surface area contributed by atoms with Gasteiger partial charge in [-0.25, -0.2) is 4.98 Å². The number of aromatic nitrogens is 4. The van der Waals surface area contributed by atoms with E-state index in [1.807, 2.05) is 42.2 Å². The third kappa shape index (κ3) is 4.37. The fourth-order valence-electron chi connectivity index (χ4n) is 3.47. The van der Waals surface area contributed by atoms with Gasteiger partial charge < -0.3 is 14.4 Å². The second kappa shape index (κ2) is 8.30. The van der Waals surface area contributed by atoms with E-state index in [4.69, 9.17) is 9.47 Å². The van der Waals surface area contributed by atoms with Gasteiger partial charge in [-0.3, -0.25) is 9.89 Å². The molecular weight excluding hydrogens is 370 g/mol. The van der Waals surface area contributed by atoms with Crippen LogP contribution < -0.4 is 9.47 Å². The van der Waals surface area contributed by atoms with E-state index in [0.717, 1.165) is 30.1 Å². The van der Waals surface area contributed by atoms with Crippen LogP contribution >= 0.6 is 0 Å². The predicted molar refractivity (Wildman–Crippen MR) is 106 cm³/mol. The maximum Gasteiger partial charge on any atom is 0.271 e. The molecule has 0 aliphatic carbocycles. The monoisotopic (exact) mass is 393 g/mol. The molecule has 3 aromatic rings. The smallest absolute Gasteiger partial charge is 0.271 e. The second-order valence-electron chi connectivity index (χ2n) is 7.02. The van der Waals surface area contributed by atoms with Crippen molar-refractivity contribution in [1.82, 2.24) is 25.1 Å². The van der Waals surface area contributed by atoms with Crippen molar-refractivity contribution in [2.75, 3.05) is 20.2 Å². The van der Waals surface area contributed by atoms with Crippen molar-refractivity contribution in [3.8, 4) is 17.4 Å². The summed E-state index contributed by atoms with van der Waals surface area (Å²) in [6.07, 6.45) is 3.20. The summed E-state index contributed by atoms with van der Waals surface area (Å²) in [6, 6.07) is 10.9. The number of aromatic amines is 1. The minimum Gasteiger partial charge on any atom is -0.497 e. The third-order valence-corrected chi connectivity index (χ3v) is 4.99. The van der Waals surface area contributed by atoms with E-state index < -0.39 is 0 Å². The van der Waals surface area contributed by atoms with Crippen LogP contribution in [0, 0.1) is 6.92 Å². The zero-order chi connectivity index (χ0) is 20.2. The second-order valence-corrected chi connectivity index (χ2v) is 7.02. The molecule has 1 aromatic carbocycles. The molecular formula is C21H23N5O3. The fourth-order valence-corrected chi connectivity index (χ4v) is 3.47. The maximum absolute atomic E-state index is 12.5. The molecule has 0 unspecified atom stereocenters. The van der Waals surface area contributed by atoms with Crippen LogP contribution in [0.25, 0.3) is 0 Å². The van der Waals surface area contributed by atoms with Gasteiger partial charge in [-0.2, -0.15) is 10.1 Å². The zero-order valence-corrected chi connectivity index (χ0v) is 16.5. The number of rotatable bonds is 5.